The van der Waals surface area contributed by atoms with Gasteiger partial charge in [-0.15, -0.1) is 0 Å². The molecule has 27 heavy (non-hydrogen) atoms. The van der Waals surface area contributed by atoms with E-state index in [-0.39, 0.29) is 5.54 Å². The van der Waals surface area contributed by atoms with Crippen molar-refractivity contribution in [1.82, 2.24) is 14.5 Å². The van der Waals surface area contributed by atoms with Crippen molar-refractivity contribution in [3.63, 3.8) is 0 Å². The fraction of sp³-hybridized carbons (Fsp3) is 0.333. The van der Waals surface area contributed by atoms with Gasteiger partial charge in [-0.1, -0.05) is 32.0 Å². The lowest BCUT2D eigenvalue weighted by atomic mass is 9.81. The summed E-state index contributed by atoms with van der Waals surface area (Å²) in [6.07, 6.45) is 1.71. The summed E-state index contributed by atoms with van der Waals surface area (Å²) < 4.78 is 2.46. The number of hydrogen-bond donors (Lipinski definition) is 0. The molecule has 0 radical (unpaired) electrons. The number of nitrogens with zero attached hydrogens (tertiary/aromatic N) is 3. The van der Waals surface area contributed by atoms with E-state index in [0.29, 0.717) is 5.92 Å². The molecule has 2 aromatic carbocycles. The van der Waals surface area contributed by atoms with Crippen LogP contribution < -0.4 is 0 Å². The van der Waals surface area contributed by atoms with Crippen LogP contribution in [0, 0.1) is 13.8 Å². The third kappa shape index (κ3) is 2.03. The maximum absolute atomic E-state index is 4.72. The first kappa shape index (κ1) is 16.5. The smallest absolute Gasteiger partial charge is 0.116 e. The molecule has 0 atom stereocenters. The van der Waals surface area contributed by atoms with E-state index < -0.39 is 0 Å². The van der Waals surface area contributed by atoms with Gasteiger partial charge in [-0.25, -0.2) is 9.97 Å². The second-order valence-electron chi connectivity index (χ2n) is 8.70. The summed E-state index contributed by atoms with van der Waals surface area (Å²) in [6.45, 7) is 13.5. The molecule has 3 heterocycles. The predicted molar refractivity (Wildman–Crippen MR) is 112 cm³/mol. The zero-order valence-electron chi connectivity index (χ0n) is 16.9. The predicted octanol–water partition coefficient (Wildman–Crippen LogP) is 6.09. The summed E-state index contributed by atoms with van der Waals surface area (Å²) in [5.41, 5.74) is 8.46. The Hall–Kier alpha value is -2.68. The Kier molecular flexibility index (Phi) is 3.17. The average molecular weight is 355 g/mol. The van der Waals surface area contributed by atoms with E-state index in [1.54, 1.807) is 6.33 Å². The van der Waals surface area contributed by atoms with Gasteiger partial charge >= 0.3 is 0 Å². The molecule has 1 aliphatic rings. The molecule has 0 bridgehead atoms. The SMILES string of the molecule is Cc1cc2n(c1C)C(C)(C)c1c3ccc(C(C)C)cc3cc3ncnc-2c13. The second-order valence-corrected chi connectivity index (χ2v) is 8.70. The van der Waals surface area contributed by atoms with Gasteiger partial charge in [0, 0.05) is 11.1 Å². The van der Waals surface area contributed by atoms with Crippen LogP contribution in [0.1, 0.15) is 56.0 Å². The minimum atomic E-state index is -0.164. The minimum absolute atomic E-state index is 0.164. The van der Waals surface area contributed by atoms with Gasteiger partial charge in [-0.05, 0) is 73.2 Å². The van der Waals surface area contributed by atoms with Crippen LogP contribution in [0.15, 0.2) is 36.7 Å². The van der Waals surface area contributed by atoms with E-state index in [9.17, 15) is 0 Å². The van der Waals surface area contributed by atoms with Crippen LogP contribution in [0.3, 0.4) is 0 Å². The van der Waals surface area contributed by atoms with Crippen LogP contribution in [-0.2, 0) is 5.54 Å². The molecule has 3 heteroatoms. The van der Waals surface area contributed by atoms with Gasteiger partial charge in [-0.3, -0.25) is 0 Å². The Bertz CT molecular complexity index is 1240. The summed E-state index contributed by atoms with van der Waals surface area (Å²) in [5, 5.41) is 3.79. The lowest BCUT2D eigenvalue weighted by Crippen LogP contribution is -2.33. The quantitative estimate of drug-likeness (QED) is 0.387. The highest BCUT2D eigenvalue weighted by Gasteiger charge is 2.37. The van der Waals surface area contributed by atoms with Gasteiger partial charge < -0.3 is 4.57 Å². The molecule has 0 N–H and O–H groups in total. The molecule has 3 nitrogen and oxygen atoms in total. The van der Waals surface area contributed by atoms with Gasteiger partial charge in [-0.2, -0.15) is 0 Å². The van der Waals surface area contributed by atoms with Crippen molar-refractivity contribution in [1.29, 1.82) is 0 Å². The van der Waals surface area contributed by atoms with Gasteiger partial charge in [0.25, 0.3) is 0 Å². The molecule has 0 spiro atoms. The van der Waals surface area contributed by atoms with Crippen molar-refractivity contribution in [3.8, 4) is 11.4 Å². The van der Waals surface area contributed by atoms with E-state index in [0.717, 1.165) is 11.2 Å². The topological polar surface area (TPSA) is 30.7 Å². The van der Waals surface area contributed by atoms with E-state index in [2.05, 4.69) is 81.4 Å². The summed E-state index contributed by atoms with van der Waals surface area (Å²) in [6, 6.07) is 11.4. The van der Waals surface area contributed by atoms with Crippen molar-refractivity contribution < 1.29 is 0 Å². The Morgan fingerprint density at radius 3 is 2.52 bits per heavy atom. The Morgan fingerprint density at radius 2 is 1.78 bits per heavy atom. The summed E-state index contributed by atoms with van der Waals surface area (Å²) in [5.74, 6) is 0.511. The molecule has 1 aliphatic heterocycles. The number of aryl methyl sites for hydroxylation is 1. The average Bonchev–Trinajstić information content (AvgIpc) is 2.93. The molecule has 0 aliphatic carbocycles. The number of fused-ring (bicyclic) bond motifs is 4. The van der Waals surface area contributed by atoms with Gasteiger partial charge in [0.15, 0.2) is 0 Å². The normalized spacial score (nSPS) is 14.9. The van der Waals surface area contributed by atoms with Crippen LogP contribution in [0.5, 0.6) is 0 Å². The molecular weight excluding hydrogens is 330 g/mol. The molecule has 136 valence electrons. The van der Waals surface area contributed by atoms with Gasteiger partial charge in [0.05, 0.1) is 22.4 Å². The van der Waals surface area contributed by atoms with Crippen molar-refractivity contribution in [2.24, 2.45) is 0 Å². The molecule has 2 aromatic heterocycles. The molecule has 0 saturated heterocycles. The Balaban J connectivity index is 2.01. The zero-order valence-corrected chi connectivity index (χ0v) is 16.9. The molecule has 0 saturated carbocycles. The largest absolute Gasteiger partial charge is 0.334 e. The lowest BCUT2D eigenvalue weighted by Gasteiger charge is -2.37. The maximum Gasteiger partial charge on any atom is 0.116 e. The highest BCUT2D eigenvalue weighted by atomic mass is 15.1. The first-order chi connectivity index (χ1) is 12.8. The van der Waals surface area contributed by atoms with Crippen molar-refractivity contribution >= 4 is 21.7 Å². The Labute approximate surface area is 160 Å². The highest BCUT2D eigenvalue weighted by Crippen LogP contribution is 2.48. The van der Waals surface area contributed by atoms with E-state index in [1.807, 2.05) is 0 Å². The van der Waals surface area contributed by atoms with E-state index in [1.165, 1.54) is 44.2 Å². The molecule has 0 fully saturated rings. The van der Waals surface area contributed by atoms with Crippen molar-refractivity contribution in [3.05, 3.63) is 59.0 Å². The third-order valence-corrected chi connectivity index (χ3v) is 6.34. The molecular formula is C24H25N3. The second kappa shape index (κ2) is 5.19. The van der Waals surface area contributed by atoms with Gasteiger partial charge in [0.2, 0.25) is 0 Å². The molecule has 0 unspecified atom stereocenters. The van der Waals surface area contributed by atoms with Crippen LogP contribution in [0.25, 0.3) is 33.1 Å². The molecule has 4 aromatic rings. The van der Waals surface area contributed by atoms with Crippen LogP contribution in [0.4, 0.5) is 0 Å². The number of aromatic nitrogens is 3. The van der Waals surface area contributed by atoms with Crippen LogP contribution in [-0.4, -0.2) is 14.5 Å². The van der Waals surface area contributed by atoms with Crippen molar-refractivity contribution in [2.75, 3.05) is 0 Å². The van der Waals surface area contributed by atoms with Crippen LogP contribution in [0.2, 0.25) is 0 Å². The van der Waals surface area contributed by atoms with Gasteiger partial charge in [0.1, 0.15) is 6.33 Å². The van der Waals surface area contributed by atoms with E-state index in [4.69, 9.17) is 4.98 Å². The molecule has 0 amide bonds. The monoisotopic (exact) mass is 355 g/mol. The number of rotatable bonds is 1. The zero-order chi connectivity index (χ0) is 19.1. The molecule has 5 rings (SSSR count). The summed E-state index contributed by atoms with van der Waals surface area (Å²) in [4.78, 5) is 9.38. The summed E-state index contributed by atoms with van der Waals surface area (Å²) in [7, 11) is 0. The first-order valence-corrected chi connectivity index (χ1v) is 9.72. The fourth-order valence-electron chi connectivity index (χ4n) is 4.89. The van der Waals surface area contributed by atoms with E-state index >= 15 is 0 Å². The third-order valence-electron chi connectivity index (χ3n) is 6.34. The Morgan fingerprint density at radius 1 is 1.00 bits per heavy atom. The minimum Gasteiger partial charge on any atom is -0.334 e. The highest BCUT2D eigenvalue weighted by molar-refractivity contribution is 6.08. The van der Waals surface area contributed by atoms with Crippen molar-refractivity contribution in [2.45, 2.75) is 53.0 Å². The standard InChI is InChI=1S/C24H25N3/c1-13(2)16-7-8-18-17(10-16)11-19-21-22(18)24(5,6)27-15(4)14(3)9-20(27)23(21)26-12-25-19/h7-13H,1-6H3. The lowest BCUT2D eigenvalue weighted by molar-refractivity contribution is 0.435. The summed E-state index contributed by atoms with van der Waals surface area (Å²) >= 11 is 0. The maximum atomic E-state index is 4.72. The van der Waals surface area contributed by atoms with Crippen LogP contribution >= 0.6 is 0 Å². The number of benzene rings is 2. The fourth-order valence-corrected chi connectivity index (χ4v) is 4.89. The number of hydrogen-bond acceptors (Lipinski definition) is 2. The first-order valence-electron chi connectivity index (χ1n) is 9.72.